The Labute approximate surface area is 188 Å². The number of fused-ring (bicyclic) bond motifs is 1. The van der Waals surface area contributed by atoms with Gasteiger partial charge < -0.3 is 15.0 Å². The smallest absolute Gasteiger partial charge is 0.335 e. The highest BCUT2D eigenvalue weighted by Crippen LogP contribution is 2.33. The van der Waals surface area contributed by atoms with E-state index in [0.717, 1.165) is 26.2 Å². The van der Waals surface area contributed by atoms with Gasteiger partial charge >= 0.3 is 5.97 Å². The number of aryl methyl sites for hydroxylation is 1. The third kappa shape index (κ3) is 4.36. The van der Waals surface area contributed by atoms with Gasteiger partial charge in [0.1, 0.15) is 0 Å². The van der Waals surface area contributed by atoms with Crippen LogP contribution in [0.1, 0.15) is 49.7 Å². The van der Waals surface area contributed by atoms with E-state index < -0.39 is 5.97 Å². The number of thiophene rings is 1. The molecule has 0 bridgehead atoms. The quantitative estimate of drug-likeness (QED) is 0.382. The van der Waals surface area contributed by atoms with Gasteiger partial charge in [0.25, 0.3) is 5.91 Å². The maximum absolute atomic E-state index is 13.2. The summed E-state index contributed by atoms with van der Waals surface area (Å²) in [5.74, 6) is -1.12. The maximum Gasteiger partial charge on any atom is 0.335 e. The van der Waals surface area contributed by atoms with Crippen LogP contribution in [0.5, 0.6) is 0 Å². The van der Waals surface area contributed by atoms with E-state index in [9.17, 15) is 9.59 Å². The van der Waals surface area contributed by atoms with Crippen LogP contribution in [0.4, 0.5) is 0 Å². The molecule has 31 heavy (non-hydrogen) atoms. The molecule has 2 aromatic heterocycles. The fourth-order valence-corrected chi connectivity index (χ4v) is 4.83. The Morgan fingerprint density at radius 2 is 1.77 bits per heavy atom. The fraction of sp³-hybridized carbons (Fsp3) is 0.167. The number of carboxylic acids is 1. The van der Waals surface area contributed by atoms with E-state index in [1.807, 2.05) is 50.4 Å². The van der Waals surface area contributed by atoms with Gasteiger partial charge in [-0.2, -0.15) is 0 Å². The number of aromatic carboxylic acids is 1. The van der Waals surface area contributed by atoms with Gasteiger partial charge in [-0.05, 0) is 55.3 Å². The van der Waals surface area contributed by atoms with Gasteiger partial charge in [-0.1, -0.05) is 35.9 Å². The molecule has 0 fully saturated rings. The minimum Gasteiger partial charge on any atom is -0.478 e. The lowest BCUT2D eigenvalue weighted by Crippen LogP contribution is -2.27. The summed E-state index contributed by atoms with van der Waals surface area (Å²) in [5, 5.41) is 12.8. The summed E-state index contributed by atoms with van der Waals surface area (Å²) in [7, 11) is 0. The number of carboxylic acid groups (broad SMARTS) is 1. The molecule has 0 radical (unpaired) electrons. The van der Waals surface area contributed by atoms with Gasteiger partial charge in [0.15, 0.2) is 0 Å². The first-order chi connectivity index (χ1) is 14.8. The number of benzene rings is 2. The van der Waals surface area contributed by atoms with Crippen LogP contribution < -0.4 is 5.32 Å². The normalized spacial score (nSPS) is 12.1. The lowest BCUT2D eigenvalue weighted by atomic mass is 10.1. The van der Waals surface area contributed by atoms with Gasteiger partial charge in [-0.15, -0.1) is 11.3 Å². The van der Waals surface area contributed by atoms with Gasteiger partial charge in [-0.3, -0.25) is 4.79 Å². The van der Waals surface area contributed by atoms with E-state index in [1.54, 1.807) is 35.6 Å². The zero-order valence-corrected chi connectivity index (χ0v) is 18.6. The summed E-state index contributed by atoms with van der Waals surface area (Å²) in [6.07, 6.45) is 2.00. The molecular formula is C24H21ClN2O3S. The number of carbonyl (C=O) groups excluding carboxylic acids is 1. The maximum atomic E-state index is 13.2. The van der Waals surface area contributed by atoms with Gasteiger partial charge in [-0.25, -0.2) is 4.79 Å². The van der Waals surface area contributed by atoms with Crippen molar-refractivity contribution in [2.45, 2.75) is 26.4 Å². The molecule has 0 aliphatic rings. The molecule has 2 aromatic carbocycles. The third-order valence-electron chi connectivity index (χ3n) is 5.28. The van der Waals surface area contributed by atoms with Crippen molar-refractivity contribution in [1.82, 2.24) is 9.88 Å². The second kappa shape index (κ2) is 8.57. The van der Waals surface area contributed by atoms with E-state index in [-0.39, 0.29) is 17.5 Å². The lowest BCUT2D eigenvalue weighted by Gasteiger charge is -2.15. The Balaban J connectivity index is 1.60. The Morgan fingerprint density at radius 3 is 2.42 bits per heavy atom. The average molecular weight is 453 g/mol. The highest BCUT2D eigenvalue weighted by Gasteiger charge is 2.21. The Bertz CT molecular complexity index is 1260. The predicted molar refractivity (Wildman–Crippen MR) is 124 cm³/mol. The molecule has 158 valence electrons. The molecule has 5 nitrogen and oxygen atoms in total. The van der Waals surface area contributed by atoms with Crippen molar-refractivity contribution in [2.75, 3.05) is 0 Å². The number of nitrogens with zero attached hydrogens (tertiary/aromatic N) is 1. The van der Waals surface area contributed by atoms with E-state index in [0.29, 0.717) is 17.1 Å². The summed E-state index contributed by atoms with van der Waals surface area (Å²) >= 11 is 7.60. The molecule has 4 aromatic rings. The predicted octanol–water partition coefficient (Wildman–Crippen LogP) is 5.90. The summed E-state index contributed by atoms with van der Waals surface area (Å²) in [5.41, 5.74) is 3.76. The van der Waals surface area contributed by atoms with E-state index in [4.69, 9.17) is 16.7 Å². The Kier molecular flexibility index (Phi) is 5.85. The second-order valence-electron chi connectivity index (χ2n) is 7.44. The number of hydrogen-bond donors (Lipinski definition) is 2. The van der Waals surface area contributed by atoms with Crippen LogP contribution in [0.15, 0.2) is 60.8 Å². The van der Waals surface area contributed by atoms with Crippen LogP contribution in [-0.2, 0) is 6.54 Å². The molecule has 7 heteroatoms. The van der Waals surface area contributed by atoms with Crippen LogP contribution >= 0.6 is 22.9 Å². The molecule has 0 spiro atoms. The highest BCUT2D eigenvalue weighted by molar-refractivity contribution is 7.19. The van der Waals surface area contributed by atoms with Crippen molar-refractivity contribution >= 4 is 45.0 Å². The van der Waals surface area contributed by atoms with Crippen LogP contribution in [-0.4, -0.2) is 21.6 Å². The molecule has 4 rings (SSSR count). The molecule has 1 amide bonds. The molecule has 0 aliphatic heterocycles. The van der Waals surface area contributed by atoms with E-state index in [2.05, 4.69) is 9.88 Å². The third-order valence-corrected chi connectivity index (χ3v) is 6.59. The van der Waals surface area contributed by atoms with Crippen LogP contribution in [0.2, 0.25) is 5.02 Å². The van der Waals surface area contributed by atoms with Crippen molar-refractivity contribution in [3.63, 3.8) is 0 Å². The fourth-order valence-electron chi connectivity index (χ4n) is 3.64. The summed E-state index contributed by atoms with van der Waals surface area (Å²) in [6, 6.07) is 16.0. The largest absolute Gasteiger partial charge is 0.478 e. The zero-order valence-electron chi connectivity index (χ0n) is 17.1. The second-order valence-corrected chi connectivity index (χ2v) is 9.13. The van der Waals surface area contributed by atoms with E-state index >= 15 is 0 Å². The van der Waals surface area contributed by atoms with Crippen LogP contribution in [0, 0.1) is 6.92 Å². The van der Waals surface area contributed by atoms with Gasteiger partial charge in [0.05, 0.1) is 27.4 Å². The number of hydrogen-bond acceptors (Lipinski definition) is 3. The molecule has 0 aliphatic carbocycles. The molecule has 1 atom stereocenters. The first-order valence-electron chi connectivity index (χ1n) is 9.80. The molecule has 0 saturated heterocycles. The van der Waals surface area contributed by atoms with Crippen molar-refractivity contribution in [1.29, 1.82) is 0 Å². The Morgan fingerprint density at radius 1 is 1.10 bits per heavy atom. The van der Waals surface area contributed by atoms with Crippen LogP contribution in [0.3, 0.4) is 0 Å². The molecular weight excluding hydrogens is 432 g/mol. The van der Waals surface area contributed by atoms with E-state index in [1.165, 1.54) is 0 Å². The molecule has 1 unspecified atom stereocenters. The average Bonchev–Trinajstić information content (AvgIpc) is 3.27. The topological polar surface area (TPSA) is 71.3 Å². The molecule has 2 heterocycles. The summed E-state index contributed by atoms with van der Waals surface area (Å²) in [6.45, 7) is 4.49. The van der Waals surface area contributed by atoms with Crippen LogP contribution in [0.25, 0.3) is 10.2 Å². The SMILES string of the molecule is Cc1sc2ccn(Cc3ccc(Cl)cc3)c2c1C(=O)NC(C)c1ccc(C(=O)O)cc1. The first-order valence-corrected chi connectivity index (χ1v) is 11.0. The van der Waals surface area contributed by atoms with Crippen molar-refractivity contribution in [3.8, 4) is 0 Å². The van der Waals surface area contributed by atoms with Crippen molar-refractivity contribution < 1.29 is 14.7 Å². The number of nitrogens with one attached hydrogen (secondary N) is 1. The number of rotatable bonds is 6. The minimum atomic E-state index is -0.971. The number of halogens is 1. The Hall–Kier alpha value is -3.09. The highest BCUT2D eigenvalue weighted by atomic mass is 35.5. The number of amides is 1. The monoisotopic (exact) mass is 452 g/mol. The lowest BCUT2D eigenvalue weighted by molar-refractivity contribution is 0.0696. The zero-order chi connectivity index (χ0) is 22.1. The standard InChI is InChI=1S/C24H21ClN2O3S/c1-14(17-5-7-18(8-6-17)24(29)30)26-23(28)21-15(2)31-20-11-12-27(22(20)21)13-16-3-9-19(25)10-4-16/h3-12,14H,13H2,1-2H3,(H,26,28)(H,29,30). The van der Waals surface area contributed by atoms with Crippen molar-refractivity contribution in [3.05, 3.63) is 92.9 Å². The summed E-state index contributed by atoms with van der Waals surface area (Å²) in [4.78, 5) is 25.2. The molecule has 2 N–H and O–H groups in total. The first kappa shape index (κ1) is 21.2. The number of carbonyl (C=O) groups is 2. The minimum absolute atomic E-state index is 0.144. The van der Waals surface area contributed by atoms with Gasteiger partial charge in [0.2, 0.25) is 0 Å². The molecule has 0 saturated carbocycles. The summed E-state index contributed by atoms with van der Waals surface area (Å²) < 4.78 is 3.15. The van der Waals surface area contributed by atoms with Gasteiger partial charge in [0, 0.05) is 22.6 Å². The van der Waals surface area contributed by atoms with Crippen molar-refractivity contribution in [2.24, 2.45) is 0 Å². The number of aromatic nitrogens is 1.